The van der Waals surface area contributed by atoms with Crippen molar-refractivity contribution >= 4 is 5.78 Å². The van der Waals surface area contributed by atoms with Gasteiger partial charge in [-0.2, -0.15) is 8.78 Å². The average Bonchev–Trinajstić information content (AvgIpc) is 2.41. The molecule has 0 aromatic heterocycles. The van der Waals surface area contributed by atoms with Crippen LogP contribution in [-0.4, -0.2) is 12.4 Å². The fourth-order valence-corrected chi connectivity index (χ4v) is 1.91. The predicted molar refractivity (Wildman–Crippen MR) is 68.6 cm³/mol. The molecule has 0 saturated heterocycles. The molecule has 2 nitrogen and oxygen atoms in total. The molecule has 100 valence electrons. The number of Topliss-reactive ketones (excluding diaryl/α,β-unsaturated/α-hetero) is 1. The summed E-state index contributed by atoms with van der Waals surface area (Å²) in [4.78, 5) is 12.2. The smallest absolute Gasteiger partial charge is 0.387 e. The SMILES string of the molecule is Cc1ccc(C(=O)C2=CCCC=C2)cc1OC(F)F. The molecule has 1 aromatic carbocycles. The summed E-state index contributed by atoms with van der Waals surface area (Å²) in [6.45, 7) is -1.23. The van der Waals surface area contributed by atoms with Gasteiger partial charge in [0.15, 0.2) is 5.78 Å². The van der Waals surface area contributed by atoms with Gasteiger partial charge in [-0.05, 0) is 31.4 Å². The van der Waals surface area contributed by atoms with E-state index in [1.54, 1.807) is 25.1 Å². The zero-order valence-electron chi connectivity index (χ0n) is 10.5. The van der Waals surface area contributed by atoms with Gasteiger partial charge in [0.1, 0.15) is 5.75 Å². The molecule has 0 aliphatic heterocycles. The molecule has 4 heteroatoms. The van der Waals surface area contributed by atoms with Gasteiger partial charge < -0.3 is 4.74 Å². The van der Waals surface area contributed by atoms with E-state index >= 15 is 0 Å². The highest BCUT2D eigenvalue weighted by molar-refractivity contribution is 6.10. The number of halogens is 2. The highest BCUT2D eigenvalue weighted by atomic mass is 19.3. The number of alkyl halides is 2. The van der Waals surface area contributed by atoms with Crippen molar-refractivity contribution in [3.8, 4) is 5.75 Å². The van der Waals surface area contributed by atoms with Crippen molar-refractivity contribution in [2.24, 2.45) is 0 Å². The number of allylic oxidation sites excluding steroid dienone is 4. The minimum absolute atomic E-state index is 0.0428. The van der Waals surface area contributed by atoms with Crippen molar-refractivity contribution in [2.45, 2.75) is 26.4 Å². The second kappa shape index (κ2) is 5.78. The summed E-state index contributed by atoms with van der Waals surface area (Å²) in [5.41, 5.74) is 1.53. The van der Waals surface area contributed by atoms with Crippen LogP contribution in [0.5, 0.6) is 5.75 Å². The topological polar surface area (TPSA) is 26.3 Å². The lowest BCUT2D eigenvalue weighted by Gasteiger charge is -2.11. The normalized spacial score (nSPS) is 14.4. The number of benzene rings is 1. The van der Waals surface area contributed by atoms with Crippen LogP contribution in [0.3, 0.4) is 0 Å². The van der Waals surface area contributed by atoms with Crippen LogP contribution in [0.2, 0.25) is 0 Å². The van der Waals surface area contributed by atoms with Gasteiger partial charge in [-0.25, -0.2) is 0 Å². The Labute approximate surface area is 110 Å². The number of hydrogen-bond acceptors (Lipinski definition) is 2. The van der Waals surface area contributed by atoms with Gasteiger partial charge >= 0.3 is 6.61 Å². The Morgan fingerprint density at radius 1 is 1.32 bits per heavy atom. The second-order valence-electron chi connectivity index (χ2n) is 4.33. The molecule has 0 saturated carbocycles. The lowest BCUT2D eigenvalue weighted by atomic mass is 9.97. The van der Waals surface area contributed by atoms with E-state index in [4.69, 9.17) is 0 Å². The molecule has 0 spiro atoms. The van der Waals surface area contributed by atoms with Crippen molar-refractivity contribution in [1.29, 1.82) is 0 Å². The molecule has 0 radical (unpaired) electrons. The summed E-state index contributed by atoms with van der Waals surface area (Å²) in [5.74, 6) is -0.128. The first-order valence-corrected chi connectivity index (χ1v) is 6.05. The molecule has 2 rings (SSSR count). The predicted octanol–water partition coefficient (Wildman–Crippen LogP) is 4.06. The molecule has 19 heavy (non-hydrogen) atoms. The van der Waals surface area contributed by atoms with Crippen molar-refractivity contribution in [1.82, 2.24) is 0 Å². The Kier molecular flexibility index (Phi) is 4.10. The maximum absolute atomic E-state index is 12.3. The maximum Gasteiger partial charge on any atom is 0.387 e. The van der Waals surface area contributed by atoms with Gasteiger partial charge in [0.25, 0.3) is 0 Å². The van der Waals surface area contributed by atoms with Crippen molar-refractivity contribution < 1.29 is 18.3 Å². The third-order valence-electron chi connectivity index (χ3n) is 2.92. The third kappa shape index (κ3) is 3.28. The minimum Gasteiger partial charge on any atom is -0.435 e. The zero-order chi connectivity index (χ0) is 13.8. The second-order valence-corrected chi connectivity index (χ2v) is 4.33. The number of rotatable bonds is 4. The molecule has 0 N–H and O–H groups in total. The van der Waals surface area contributed by atoms with Crippen LogP contribution in [0.25, 0.3) is 0 Å². The third-order valence-corrected chi connectivity index (χ3v) is 2.92. The first kappa shape index (κ1) is 13.5. The average molecular weight is 264 g/mol. The van der Waals surface area contributed by atoms with E-state index in [0.717, 1.165) is 12.8 Å². The van der Waals surface area contributed by atoms with Crippen LogP contribution in [0.1, 0.15) is 28.8 Å². The number of carbonyl (C=O) groups is 1. The van der Waals surface area contributed by atoms with Gasteiger partial charge in [0, 0.05) is 11.1 Å². The van der Waals surface area contributed by atoms with Crippen molar-refractivity contribution in [2.75, 3.05) is 0 Å². The first-order chi connectivity index (χ1) is 9.08. The van der Waals surface area contributed by atoms with Crippen LogP contribution in [0, 0.1) is 6.92 Å². The van der Waals surface area contributed by atoms with Crippen molar-refractivity contribution in [3.63, 3.8) is 0 Å². The Morgan fingerprint density at radius 3 is 2.74 bits per heavy atom. The molecular formula is C15H14F2O2. The summed E-state index contributed by atoms with van der Waals surface area (Å²) in [7, 11) is 0. The van der Waals surface area contributed by atoms with E-state index in [9.17, 15) is 13.6 Å². The zero-order valence-corrected chi connectivity index (χ0v) is 10.5. The van der Waals surface area contributed by atoms with E-state index in [-0.39, 0.29) is 11.5 Å². The Morgan fingerprint density at radius 2 is 2.11 bits per heavy atom. The number of ether oxygens (including phenoxy) is 1. The fraction of sp³-hybridized carbons (Fsp3) is 0.267. The summed E-state index contributed by atoms with van der Waals surface area (Å²) in [6, 6.07) is 4.60. The number of aryl methyl sites for hydroxylation is 1. The Bertz CT molecular complexity index is 545. The lowest BCUT2D eigenvalue weighted by molar-refractivity contribution is -0.0503. The van der Waals surface area contributed by atoms with E-state index in [1.807, 2.05) is 12.2 Å². The Balaban J connectivity index is 2.27. The number of hydrogen-bond donors (Lipinski definition) is 0. The van der Waals surface area contributed by atoms with Crippen LogP contribution in [0.15, 0.2) is 42.0 Å². The lowest BCUT2D eigenvalue weighted by Crippen LogP contribution is -2.07. The Hall–Kier alpha value is -1.97. The summed E-state index contributed by atoms with van der Waals surface area (Å²) in [6.07, 6.45) is 7.29. The highest BCUT2D eigenvalue weighted by Gasteiger charge is 2.14. The highest BCUT2D eigenvalue weighted by Crippen LogP contribution is 2.24. The summed E-state index contributed by atoms with van der Waals surface area (Å²) >= 11 is 0. The molecule has 0 bridgehead atoms. The van der Waals surface area contributed by atoms with Gasteiger partial charge in [0.05, 0.1) is 0 Å². The first-order valence-electron chi connectivity index (χ1n) is 6.05. The molecule has 0 atom stereocenters. The molecule has 1 aromatic rings. The van der Waals surface area contributed by atoms with E-state index < -0.39 is 6.61 Å². The molecule has 1 aliphatic rings. The van der Waals surface area contributed by atoms with Gasteiger partial charge in [-0.15, -0.1) is 0 Å². The van der Waals surface area contributed by atoms with Crippen LogP contribution in [0.4, 0.5) is 8.78 Å². The standard InChI is InChI=1S/C15H14F2O2/c1-10-7-8-12(9-13(10)19-15(16)17)14(18)11-5-3-2-4-6-11/h3,5-9,15H,2,4H2,1H3. The monoisotopic (exact) mass is 264 g/mol. The number of ketones is 1. The van der Waals surface area contributed by atoms with Gasteiger partial charge in [0.2, 0.25) is 0 Å². The van der Waals surface area contributed by atoms with Gasteiger partial charge in [-0.3, -0.25) is 4.79 Å². The maximum atomic E-state index is 12.3. The van der Waals surface area contributed by atoms with Crippen LogP contribution >= 0.6 is 0 Å². The van der Waals surface area contributed by atoms with Crippen molar-refractivity contribution in [3.05, 3.63) is 53.1 Å². The molecular weight excluding hydrogens is 250 g/mol. The minimum atomic E-state index is -2.89. The quantitative estimate of drug-likeness (QED) is 0.767. The van der Waals surface area contributed by atoms with Crippen LogP contribution < -0.4 is 4.74 Å². The largest absolute Gasteiger partial charge is 0.435 e. The van der Waals surface area contributed by atoms with E-state index in [2.05, 4.69) is 4.74 Å². The van der Waals surface area contributed by atoms with Gasteiger partial charge in [-0.1, -0.05) is 30.4 Å². The molecule has 0 fully saturated rings. The molecule has 0 unspecified atom stereocenters. The molecule has 0 heterocycles. The fourth-order valence-electron chi connectivity index (χ4n) is 1.91. The van der Waals surface area contributed by atoms with Crippen LogP contribution in [-0.2, 0) is 0 Å². The summed E-state index contributed by atoms with van der Waals surface area (Å²) < 4.78 is 28.9. The van der Waals surface area contributed by atoms with E-state index in [1.165, 1.54) is 6.07 Å². The summed E-state index contributed by atoms with van der Waals surface area (Å²) in [5, 5.41) is 0. The molecule has 1 aliphatic carbocycles. The van der Waals surface area contributed by atoms with E-state index in [0.29, 0.717) is 16.7 Å². The number of carbonyl (C=O) groups excluding carboxylic acids is 1. The molecule has 0 amide bonds.